The first-order valence-electron chi connectivity index (χ1n) is 8.98. The van der Waals surface area contributed by atoms with Gasteiger partial charge in [-0.05, 0) is 48.5 Å². The fourth-order valence-corrected chi connectivity index (χ4v) is 2.56. The monoisotopic (exact) mass is 415 g/mol. The van der Waals surface area contributed by atoms with Crippen molar-refractivity contribution in [3.8, 4) is 22.9 Å². The molecule has 0 aliphatic heterocycles. The molecule has 0 radical (unpaired) electrons. The average Bonchev–Trinajstić information content (AvgIpc) is 3.23. The van der Waals surface area contributed by atoms with Gasteiger partial charge in [0.2, 0.25) is 11.7 Å². The maximum Gasteiger partial charge on any atom is 0.246 e. The maximum absolute atomic E-state index is 5.90. The first kappa shape index (κ1) is 20.5. The third-order valence-electron chi connectivity index (χ3n) is 3.92. The molecule has 0 unspecified atom stereocenters. The van der Waals surface area contributed by atoms with Crippen LogP contribution in [0.2, 0.25) is 5.02 Å². The van der Waals surface area contributed by atoms with Gasteiger partial charge in [0.15, 0.2) is 5.96 Å². The number of nitrogens with one attached hydrogen (secondary N) is 2. The van der Waals surface area contributed by atoms with Gasteiger partial charge in [-0.1, -0.05) is 16.8 Å². The Balaban J connectivity index is 1.41. The highest BCUT2D eigenvalue weighted by molar-refractivity contribution is 6.30. The molecule has 8 nitrogen and oxygen atoms in total. The number of benzene rings is 2. The van der Waals surface area contributed by atoms with Crippen LogP contribution in [0.25, 0.3) is 11.4 Å². The summed E-state index contributed by atoms with van der Waals surface area (Å²) in [4.78, 5) is 8.53. The molecule has 9 heteroatoms. The summed E-state index contributed by atoms with van der Waals surface area (Å²) in [7, 11) is 3.32. The number of halogens is 1. The smallest absolute Gasteiger partial charge is 0.246 e. The van der Waals surface area contributed by atoms with Crippen molar-refractivity contribution in [1.82, 2.24) is 20.8 Å². The molecular formula is C20H22ClN5O3. The van der Waals surface area contributed by atoms with E-state index in [0.717, 1.165) is 17.1 Å². The van der Waals surface area contributed by atoms with E-state index in [0.29, 0.717) is 42.4 Å². The van der Waals surface area contributed by atoms with Gasteiger partial charge < -0.3 is 24.6 Å². The van der Waals surface area contributed by atoms with Crippen molar-refractivity contribution >= 4 is 17.6 Å². The Hall–Kier alpha value is -3.26. The number of rotatable bonds is 8. The quantitative estimate of drug-likeness (QED) is 0.331. The molecule has 0 aliphatic rings. The number of methoxy groups -OCH3 is 1. The molecule has 29 heavy (non-hydrogen) atoms. The lowest BCUT2D eigenvalue weighted by Gasteiger charge is -2.11. The van der Waals surface area contributed by atoms with Gasteiger partial charge in [0.1, 0.15) is 18.1 Å². The summed E-state index contributed by atoms with van der Waals surface area (Å²) in [6.45, 7) is 1.40. The zero-order valence-electron chi connectivity index (χ0n) is 16.2. The molecule has 2 aromatic carbocycles. The van der Waals surface area contributed by atoms with Gasteiger partial charge in [-0.3, -0.25) is 4.99 Å². The Bertz CT molecular complexity index is 926. The Labute approximate surface area is 173 Å². The molecule has 0 saturated heterocycles. The largest absolute Gasteiger partial charge is 0.497 e. The highest BCUT2D eigenvalue weighted by Gasteiger charge is 2.09. The fraction of sp³-hybridized carbons (Fsp3) is 0.250. The van der Waals surface area contributed by atoms with Crippen molar-refractivity contribution in [3.05, 3.63) is 59.4 Å². The van der Waals surface area contributed by atoms with E-state index in [9.17, 15) is 0 Å². The van der Waals surface area contributed by atoms with Crippen LogP contribution >= 0.6 is 11.6 Å². The van der Waals surface area contributed by atoms with Gasteiger partial charge in [0.05, 0.1) is 20.2 Å². The summed E-state index contributed by atoms with van der Waals surface area (Å²) in [5.41, 5.74) is 0.836. The number of nitrogens with zero attached hydrogens (tertiary/aromatic N) is 3. The Kier molecular flexibility index (Phi) is 7.29. The lowest BCUT2D eigenvalue weighted by molar-refractivity contribution is 0.320. The van der Waals surface area contributed by atoms with Crippen molar-refractivity contribution in [2.75, 3.05) is 27.3 Å². The van der Waals surface area contributed by atoms with Crippen LogP contribution in [0, 0.1) is 0 Å². The first-order chi connectivity index (χ1) is 14.2. The van der Waals surface area contributed by atoms with E-state index in [4.69, 9.17) is 25.6 Å². The second-order valence-corrected chi connectivity index (χ2v) is 6.33. The molecular weight excluding hydrogens is 394 g/mol. The van der Waals surface area contributed by atoms with Crippen molar-refractivity contribution in [2.24, 2.45) is 4.99 Å². The summed E-state index contributed by atoms with van der Waals surface area (Å²) in [5, 5.41) is 10.9. The number of guanidine groups is 1. The van der Waals surface area contributed by atoms with Crippen LogP contribution in [0.5, 0.6) is 11.5 Å². The van der Waals surface area contributed by atoms with E-state index in [1.54, 1.807) is 26.3 Å². The van der Waals surface area contributed by atoms with E-state index >= 15 is 0 Å². The standard InChI is InChI=1S/C20H22ClN5O3/c1-22-20(23-11-12-28-17-9-7-16(27-2)8-10-17)24-13-18-25-19(26-29-18)14-3-5-15(21)6-4-14/h3-10H,11-13H2,1-2H3,(H2,22,23,24). The molecule has 3 rings (SSSR count). The van der Waals surface area contributed by atoms with Crippen LogP contribution in [0.1, 0.15) is 5.89 Å². The molecule has 0 atom stereocenters. The fourth-order valence-electron chi connectivity index (χ4n) is 2.43. The van der Waals surface area contributed by atoms with Crippen LogP contribution in [0.4, 0.5) is 0 Å². The Morgan fingerprint density at radius 2 is 1.79 bits per heavy atom. The summed E-state index contributed by atoms with van der Waals surface area (Å²) in [5.74, 6) is 3.13. The Morgan fingerprint density at radius 3 is 2.48 bits per heavy atom. The number of hydrogen-bond acceptors (Lipinski definition) is 6. The molecule has 0 saturated carbocycles. The normalized spacial score (nSPS) is 11.2. The van der Waals surface area contributed by atoms with E-state index < -0.39 is 0 Å². The number of aliphatic imine (C=N–C) groups is 1. The minimum absolute atomic E-state index is 0.347. The van der Waals surface area contributed by atoms with Crippen LogP contribution < -0.4 is 20.1 Å². The average molecular weight is 416 g/mol. The van der Waals surface area contributed by atoms with Gasteiger partial charge in [-0.15, -0.1) is 0 Å². The molecule has 0 aliphatic carbocycles. The predicted octanol–water partition coefficient (Wildman–Crippen LogP) is 3.14. The zero-order valence-corrected chi connectivity index (χ0v) is 16.9. The van der Waals surface area contributed by atoms with Crippen LogP contribution in [-0.4, -0.2) is 43.4 Å². The number of aromatic nitrogens is 2. The molecule has 0 fully saturated rings. The molecule has 0 amide bonds. The van der Waals surface area contributed by atoms with Crippen LogP contribution in [0.3, 0.4) is 0 Å². The number of hydrogen-bond donors (Lipinski definition) is 2. The minimum atomic E-state index is 0.347. The summed E-state index contributed by atoms with van der Waals surface area (Å²) >= 11 is 5.90. The lowest BCUT2D eigenvalue weighted by atomic mass is 10.2. The van der Waals surface area contributed by atoms with E-state index in [-0.39, 0.29) is 0 Å². The van der Waals surface area contributed by atoms with Crippen molar-refractivity contribution < 1.29 is 14.0 Å². The minimum Gasteiger partial charge on any atom is -0.497 e. The SMILES string of the molecule is CN=C(NCCOc1ccc(OC)cc1)NCc1nc(-c2ccc(Cl)cc2)no1. The molecule has 152 valence electrons. The van der Waals surface area contributed by atoms with Gasteiger partial charge in [-0.2, -0.15) is 4.98 Å². The van der Waals surface area contributed by atoms with Gasteiger partial charge >= 0.3 is 0 Å². The van der Waals surface area contributed by atoms with Crippen molar-refractivity contribution in [3.63, 3.8) is 0 Å². The topological polar surface area (TPSA) is 93.8 Å². The van der Waals surface area contributed by atoms with Crippen LogP contribution in [-0.2, 0) is 6.54 Å². The molecule has 1 aromatic heterocycles. The van der Waals surface area contributed by atoms with E-state index in [1.807, 2.05) is 36.4 Å². The molecule has 2 N–H and O–H groups in total. The highest BCUT2D eigenvalue weighted by atomic mass is 35.5. The molecule has 3 aromatic rings. The molecule has 0 bridgehead atoms. The second kappa shape index (κ2) is 10.3. The van der Waals surface area contributed by atoms with Crippen molar-refractivity contribution in [1.29, 1.82) is 0 Å². The first-order valence-corrected chi connectivity index (χ1v) is 9.35. The van der Waals surface area contributed by atoms with Gasteiger partial charge in [-0.25, -0.2) is 0 Å². The third kappa shape index (κ3) is 6.11. The Morgan fingerprint density at radius 1 is 1.07 bits per heavy atom. The summed E-state index contributed by atoms with van der Waals surface area (Å²) in [6.07, 6.45) is 0. The third-order valence-corrected chi connectivity index (χ3v) is 4.18. The second-order valence-electron chi connectivity index (χ2n) is 5.90. The van der Waals surface area contributed by atoms with E-state index in [2.05, 4.69) is 25.8 Å². The summed E-state index contributed by atoms with van der Waals surface area (Å²) in [6, 6.07) is 14.7. The maximum atomic E-state index is 5.90. The van der Waals surface area contributed by atoms with Gasteiger partial charge in [0, 0.05) is 17.6 Å². The van der Waals surface area contributed by atoms with Crippen molar-refractivity contribution in [2.45, 2.75) is 6.54 Å². The number of ether oxygens (including phenoxy) is 2. The highest BCUT2D eigenvalue weighted by Crippen LogP contribution is 2.18. The molecule has 1 heterocycles. The molecule has 0 spiro atoms. The lowest BCUT2D eigenvalue weighted by Crippen LogP contribution is -2.38. The predicted molar refractivity (Wildman–Crippen MR) is 111 cm³/mol. The van der Waals surface area contributed by atoms with E-state index in [1.165, 1.54) is 0 Å². The zero-order chi connectivity index (χ0) is 20.5. The summed E-state index contributed by atoms with van der Waals surface area (Å²) < 4.78 is 16.1. The van der Waals surface area contributed by atoms with Gasteiger partial charge in [0.25, 0.3) is 0 Å². The van der Waals surface area contributed by atoms with Crippen LogP contribution in [0.15, 0.2) is 58.0 Å².